The Hall–Kier alpha value is -2.94. The molecule has 0 saturated carbocycles. The number of pyridine rings is 1. The van der Waals surface area contributed by atoms with E-state index in [1.807, 2.05) is 12.1 Å². The SMILES string of the molecule is CC(=O)Nc1cnc(N2CCN([C@H](C)c3ccc4c(n3)OCCO4)[C@H](C)C2)nc1. The average molecular weight is 398 g/mol. The smallest absolute Gasteiger partial charge is 0.257 e. The van der Waals surface area contributed by atoms with E-state index >= 15 is 0 Å². The summed E-state index contributed by atoms with van der Waals surface area (Å²) in [4.78, 5) is 29.2. The van der Waals surface area contributed by atoms with Crippen molar-refractivity contribution < 1.29 is 14.3 Å². The summed E-state index contributed by atoms with van der Waals surface area (Å²) in [6.45, 7) is 9.44. The molecule has 2 aliphatic heterocycles. The van der Waals surface area contributed by atoms with Crippen LogP contribution in [0, 0.1) is 0 Å². The maximum absolute atomic E-state index is 11.1. The fraction of sp³-hybridized carbons (Fsp3) is 0.500. The standard InChI is InChI=1S/C20H26N6O3/c1-13-12-25(20-21-10-16(11-22-20)23-15(3)27)6-7-26(13)14(2)17-4-5-18-19(24-17)29-9-8-28-18/h4-5,10-11,13-14H,6-9,12H2,1-3H3,(H,23,27)/t13-,14-/m1/s1. The number of aromatic nitrogens is 3. The van der Waals surface area contributed by atoms with Gasteiger partial charge in [0.2, 0.25) is 11.9 Å². The van der Waals surface area contributed by atoms with Gasteiger partial charge in [0.25, 0.3) is 5.88 Å². The number of nitrogens with one attached hydrogen (secondary N) is 1. The van der Waals surface area contributed by atoms with Crippen LogP contribution in [0.4, 0.5) is 11.6 Å². The van der Waals surface area contributed by atoms with Crippen LogP contribution in [0.2, 0.25) is 0 Å². The first kappa shape index (κ1) is 19.4. The molecule has 0 aliphatic carbocycles. The van der Waals surface area contributed by atoms with Crippen LogP contribution in [0.15, 0.2) is 24.5 Å². The van der Waals surface area contributed by atoms with Crippen molar-refractivity contribution in [3.05, 3.63) is 30.2 Å². The van der Waals surface area contributed by atoms with Gasteiger partial charge in [0.15, 0.2) is 5.75 Å². The molecule has 29 heavy (non-hydrogen) atoms. The summed E-state index contributed by atoms with van der Waals surface area (Å²) in [7, 11) is 0. The van der Waals surface area contributed by atoms with E-state index in [4.69, 9.17) is 9.47 Å². The van der Waals surface area contributed by atoms with E-state index in [2.05, 4.69) is 43.9 Å². The third-order valence-corrected chi connectivity index (χ3v) is 5.27. The van der Waals surface area contributed by atoms with Crippen LogP contribution in [0.5, 0.6) is 11.6 Å². The fourth-order valence-electron chi connectivity index (χ4n) is 3.83. The number of piperazine rings is 1. The highest BCUT2D eigenvalue weighted by atomic mass is 16.6. The van der Waals surface area contributed by atoms with E-state index in [9.17, 15) is 4.79 Å². The molecule has 1 saturated heterocycles. The highest BCUT2D eigenvalue weighted by Gasteiger charge is 2.30. The van der Waals surface area contributed by atoms with Crippen molar-refractivity contribution in [1.29, 1.82) is 0 Å². The number of amides is 1. The fourth-order valence-corrected chi connectivity index (χ4v) is 3.83. The molecule has 2 aliphatic rings. The molecule has 0 radical (unpaired) electrons. The number of hydrogen-bond acceptors (Lipinski definition) is 8. The molecule has 2 atom stereocenters. The predicted octanol–water partition coefficient (Wildman–Crippen LogP) is 1.87. The molecule has 1 amide bonds. The Balaban J connectivity index is 1.41. The van der Waals surface area contributed by atoms with Crippen LogP contribution < -0.4 is 19.7 Å². The van der Waals surface area contributed by atoms with Gasteiger partial charge in [0.1, 0.15) is 13.2 Å². The van der Waals surface area contributed by atoms with Gasteiger partial charge in [-0.3, -0.25) is 9.69 Å². The first-order valence-electron chi connectivity index (χ1n) is 9.88. The topological polar surface area (TPSA) is 92.7 Å². The van der Waals surface area contributed by atoms with E-state index in [0.29, 0.717) is 42.5 Å². The summed E-state index contributed by atoms with van der Waals surface area (Å²) in [5, 5.41) is 2.69. The van der Waals surface area contributed by atoms with Crippen molar-refractivity contribution in [2.24, 2.45) is 0 Å². The summed E-state index contributed by atoms with van der Waals surface area (Å²) in [5.41, 5.74) is 1.58. The molecule has 0 unspecified atom stereocenters. The lowest BCUT2D eigenvalue weighted by Gasteiger charge is -2.42. The molecule has 4 heterocycles. The molecule has 2 aromatic heterocycles. The van der Waals surface area contributed by atoms with Gasteiger partial charge in [-0.05, 0) is 26.0 Å². The number of fused-ring (bicyclic) bond motifs is 1. The second-order valence-corrected chi connectivity index (χ2v) is 7.40. The van der Waals surface area contributed by atoms with Gasteiger partial charge in [-0.1, -0.05) is 0 Å². The Kier molecular flexibility index (Phi) is 5.48. The van der Waals surface area contributed by atoms with Crippen LogP contribution in [-0.2, 0) is 4.79 Å². The Labute approximate surface area is 170 Å². The lowest BCUT2D eigenvalue weighted by Crippen LogP contribution is -2.53. The molecular weight excluding hydrogens is 372 g/mol. The molecule has 0 bridgehead atoms. The largest absolute Gasteiger partial charge is 0.484 e. The summed E-state index contributed by atoms with van der Waals surface area (Å²) in [6, 6.07) is 4.42. The number of rotatable bonds is 4. The van der Waals surface area contributed by atoms with Crippen molar-refractivity contribution in [1.82, 2.24) is 19.9 Å². The second kappa shape index (κ2) is 8.20. The average Bonchev–Trinajstić information content (AvgIpc) is 2.73. The molecule has 1 fully saturated rings. The normalized spacial score (nSPS) is 20.2. The van der Waals surface area contributed by atoms with Crippen molar-refractivity contribution in [3.63, 3.8) is 0 Å². The molecule has 2 aromatic rings. The van der Waals surface area contributed by atoms with Crippen LogP contribution in [0.1, 0.15) is 32.5 Å². The molecule has 0 aromatic carbocycles. The second-order valence-electron chi connectivity index (χ2n) is 7.40. The molecule has 9 nitrogen and oxygen atoms in total. The van der Waals surface area contributed by atoms with Crippen LogP contribution >= 0.6 is 0 Å². The Bertz CT molecular complexity index is 875. The zero-order valence-corrected chi connectivity index (χ0v) is 17.0. The van der Waals surface area contributed by atoms with Gasteiger partial charge >= 0.3 is 0 Å². The van der Waals surface area contributed by atoms with Gasteiger partial charge in [0, 0.05) is 38.6 Å². The lowest BCUT2D eigenvalue weighted by molar-refractivity contribution is -0.114. The molecule has 4 rings (SSSR count). The molecule has 0 spiro atoms. The van der Waals surface area contributed by atoms with Gasteiger partial charge in [-0.25, -0.2) is 15.0 Å². The zero-order valence-electron chi connectivity index (χ0n) is 17.0. The zero-order chi connectivity index (χ0) is 20.4. The van der Waals surface area contributed by atoms with Crippen molar-refractivity contribution in [2.45, 2.75) is 32.9 Å². The van der Waals surface area contributed by atoms with Crippen LogP contribution in [-0.4, -0.2) is 64.6 Å². The van der Waals surface area contributed by atoms with E-state index in [-0.39, 0.29) is 11.9 Å². The predicted molar refractivity (Wildman–Crippen MR) is 108 cm³/mol. The third-order valence-electron chi connectivity index (χ3n) is 5.27. The van der Waals surface area contributed by atoms with Crippen molar-refractivity contribution >= 4 is 17.5 Å². The number of carbonyl (C=O) groups excluding carboxylic acids is 1. The Morgan fingerprint density at radius 2 is 1.97 bits per heavy atom. The summed E-state index contributed by atoms with van der Waals surface area (Å²) in [5.74, 6) is 1.84. The van der Waals surface area contributed by atoms with Crippen molar-refractivity contribution in [3.8, 4) is 11.6 Å². The third kappa shape index (κ3) is 4.24. The number of ether oxygens (including phenoxy) is 2. The van der Waals surface area contributed by atoms with Crippen molar-refractivity contribution in [2.75, 3.05) is 43.1 Å². The number of hydrogen-bond donors (Lipinski definition) is 1. The number of nitrogens with zero attached hydrogens (tertiary/aromatic N) is 5. The van der Waals surface area contributed by atoms with E-state index in [1.54, 1.807) is 12.4 Å². The van der Waals surface area contributed by atoms with Crippen LogP contribution in [0.3, 0.4) is 0 Å². The Morgan fingerprint density at radius 3 is 2.69 bits per heavy atom. The van der Waals surface area contributed by atoms with E-state index in [1.165, 1.54) is 6.92 Å². The van der Waals surface area contributed by atoms with Gasteiger partial charge < -0.3 is 19.7 Å². The molecule has 1 N–H and O–H groups in total. The van der Waals surface area contributed by atoms with Gasteiger partial charge in [0.05, 0.1) is 23.8 Å². The molecule has 154 valence electrons. The summed E-state index contributed by atoms with van der Waals surface area (Å²) < 4.78 is 11.2. The highest BCUT2D eigenvalue weighted by molar-refractivity contribution is 5.88. The quantitative estimate of drug-likeness (QED) is 0.835. The lowest BCUT2D eigenvalue weighted by atomic mass is 10.1. The Morgan fingerprint density at radius 1 is 1.21 bits per heavy atom. The van der Waals surface area contributed by atoms with Crippen LogP contribution in [0.25, 0.3) is 0 Å². The van der Waals surface area contributed by atoms with E-state index < -0.39 is 0 Å². The molecule has 9 heteroatoms. The van der Waals surface area contributed by atoms with Gasteiger partial charge in [-0.2, -0.15) is 0 Å². The number of carbonyl (C=O) groups is 1. The maximum atomic E-state index is 11.1. The molecular formula is C20H26N6O3. The minimum Gasteiger partial charge on any atom is -0.484 e. The highest BCUT2D eigenvalue weighted by Crippen LogP contribution is 2.32. The number of anilines is 2. The minimum atomic E-state index is -0.134. The summed E-state index contributed by atoms with van der Waals surface area (Å²) >= 11 is 0. The van der Waals surface area contributed by atoms with Gasteiger partial charge in [-0.15, -0.1) is 0 Å². The minimum absolute atomic E-state index is 0.134. The maximum Gasteiger partial charge on any atom is 0.257 e. The monoisotopic (exact) mass is 398 g/mol. The van der Waals surface area contributed by atoms with E-state index in [0.717, 1.165) is 25.3 Å². The first-order chi connectivity index (χ1) is 14.0. The first-order valence-corrected chi connectivity index (χ1v) is 9.88. The summed E-state index contributed by atoms with van der Waals surface area (Å²) in [6.07, 6.45) is 3.28.